The van der Waals surface area contributed by atoms with Gasteiger partial charge in [0.1, 0.15) is 0 Å². The number of hydrogen-bond donors (Lipinski definition) is 2. The Balaban J connectivity index is 2.10. The quantitative estimate of drug-likeness (QED) is 0.730. The highest BCUT2D eigenvalue weighted by Crippen LogP contribution is 2.27. The van der Waals surface area contributed by atoms with E-state index in [1.165, 1.54) is 11.3 Å². The van der Waals surface area contributed by atoms with Gasteiger partial charge in [0.25, 0.3) is 0 Å². The minimum atomic E-state index is -0.638. The predicted molar refractivity (Wildman–Crippen MR) is 55.5 cm³/mol. The van der Waals surface area contributed by atoms with Crippen molar-refractivity contribution in [1.29, 1.82) is 0 Å². The molecular formula is C11H15NO2. The average molecular weight is 193 g/mol. The van der Waals surface area contributed by atoms with E-state index >= 15 is 0 Å². The van der Waals surface area contributed by atoms with E-state index < -0.39 is 6.10 Å². The number of aliphatic hydroxyl groups excluding tert-OH is 2. The minimum Gasteiger partial charge on any atom is -0.394 e. The Labute approximate surface area is 83.6 Å². The zero-order valence-corrected chi connectivity index (χ0v) is 8.06. The van der Waals surface area contributed by atoms with Crippen LogP contribution >= 0.6 is 0 Å². The maximum absolute atomic E-state index is 9.35. The molecule has 0 aliphatic carbocycles. The molecule has 0 fully saturated rings. The van der Waals surface area contributed by atoms with Gasteiger partial charge >= 0.3 is 0 Å². The number of fused-ring (bicyclic) bond motifs is 1. The van der Waals surface area contributed by atoms with E-state index in [1.807, 2.05) is 12.1 Å². The van der Waals surface area contributed by atoms with Crippen molar-refractivity contribution in [3.8, 4) is 0 Å². The predicted octanol–water partition coefficient (Wildman–Crippen LogP) is 0.402. The summed E-state index contributed by atoms with van der Waals surface area (Å²) in [6.45, 7) is 1.29. The molecular weight excluding hydrogens is 178 g/mol. The van der Waals surface area contributed by atoms with Crippen LogP contribution in [0.25, 0.3) is 0 Å². The Kier molecular flexibility index (Phi) is 2.70. The zero-order chi connectivity index (χ0) is 9.97. The summed E-state index contributed by atoms with van der Waals surface area (Å²) in [5.41, 5.74) is 2.53. The second kappa shape index (κ2) is 3.98. The fourth-order valence-corrected chi connectivity index (χ4v) is 1.91. The van der Waals surface area contributed by atoms with Gasteiger partial charge in [-0.3, -0.25) is 0 Å². The van der Waals surface area contributed by atoms with Crippen molar-refractivity contribution >= 4 is 5.69 Å². The van der Waals surface area contributed by atoms with Crippen LogP contribution in [0.5, 0.6) is 0 Å². The molecule has 0 bridgehead atoms. The van der Waals surface area contributed by atoms with E-state index in [1.54, 1.807) is 0 Å². The molecule has 0 saturated heterocycles. The standard InChI is InChI=1S/C11H15NO2/c13-8-10(14)7-12-6-5-9-3-1-2-4-11(9)12/h1-4,10,13-14H,5-8H2. The molecule has 0 radical (unpaired) electrons. The normalized spacial score (nSPS) is 16.9. The van der Waals surface area contributed by atoms with Gasteiger partial charge in [-0.05, 0) is 18.1 Å². The van der Waals surface area contributed by atoms with Gasteiger partial charge in [0.05, 0.1) is 12.7 Å². The first kappa shape index (κ1) is 9.49. The Bertz CT molecular complexity index is 314. The first-order valence-electron chi connectivity index (χ1n) is 4.93. The SMILES string of the molecule is OCC(O)CN1CCc2ccccc21. The molecule has 3 heteroatoms. The van der Waals surface area contributed by atoms with Crippen LogP contribution in [0.3, 0.4) is 0 Å². The summed E-state index contributed by atoms with van der Waals surface area (Å²) >= 11 is 0. The third-order valence-corrected chi connectivity index (χ3v) is 2.63. The lowest BCUT2D eigenvalue weighted by atomic mass is 10.2. The number of hydrogen-bond acceptors (Lipinski definition) is 3. The summed E-state index contributed by atoms with van der Waals surface area (Å²) in [6.07, 6.45) is 0.398. The van der Waals surface area contributed by atoms with Gasteiger partial charge in [-0.1, -0.05) is 18.2 Å². The highest BCUT2D eigenvalue weighted by molar-refractivity contribution is 5.57. The van der Waals surface area contributed by atoms with Crippen molar-refractivity contribution in [3.05, 3.63) is 29.8 Å². The smallest absolute Gasteiger partial charge is 0.0945 e. The summed E-state index contributed by atoms with van der Waals surface area (Å²) in [5, 5.41) is 18.1. The molecule has 1 aromatic rings. The lowest BCUT2D eigenvalue weighted by molar-refractivity contribution is 0.100. The zero-order valence-electron chi connectivity index (χ0n) is 8.06. The van der Waals surface area contributed by atoms with E-state index in [9.17, 15) is 5.11 Å². The van der Waals surface area contributed by atoms with Crippen molar-refractivity contribution in [2.45, 2.75) is 12.5 Å². The number of nitrogens with zero attached hydrogens (tertiary/aromatic N) is 1. The van der Waals surface area contributed by atoms with E-state index in [-0.39, 0.29) is 6.61 Å². The molecule has 1 aromatic carbocycles. The van der Waals surface area contributed by atoms with Crippen molar-refractivity contribution in [1.82, 2.24) is 0 Å². The lowest BCUT2D eigenvalue weighted by Gasteiger charge is -2.21. The van der Waals surface area contributed by atoms with Gasteiger partial charge in [0.15, 0.2) is 0 Å². The Morgan fingerprint density at radius 2 is 2.14 bits per heavy atom. The van der Waals surface area contributed by atoms with Crippen LogP contribution in [0.1, 0.15) is 5.56 Å². The number of anilines is 1. The molecule has 0 saturated carbocycles. The van der Waals surface area contributed by atoms with E-state index in [2.05, 4.69) is 17.0 Å². The summed E-state index contributed by atoms with van der Waals surface area (Å²) in [5.74, 6) is 0. The molecule has 1 unspecified atom stereocenters. The van der Waals surface area contributed by atoms with Gasteiger partial charge < -0.3 is 15.1 Å². The molecule has 1 heterocycles. The van der Waals surface area contributed by atoms with Crippen LogP contribution in [0.4, 0.5) is 5.69 Å². The fourth-order valence-electron chi connectivity index (χ4n) is 1.91. The van der Waals surface area contributed by atoms with Gasteiger partial charge in [-0.2, -0.15) is 0 Å². The molecule has 0 aromatic heterocycles. The number of aliphatic hydroxyl groups is 2. The number of benzene rings is 1. The van der Waals surface area contributed by atoms with Gasteiger partial charge in [0.2, 0.25) is 0 Å². The Morgan fingerprint density at radius 1 is 1.36 bits per heavy atom. The van der Waals surface area contributed by atoms with Crippen molar-refractivity contribution in [3.63, 3.8) is 0 Å². The van der Waals surface area contributed by atoms with Crippen LogP contribution in [0.15, 0.2) is 24.3 Å². The highest BCUT2D eigenvalue weighted by atomic mass is 16.3. The molecule has 2 N–H and O–H groups in total. The molecule has 1 atom stereocenters. The van der Waals surface area contributed by atoms with Crippen molar-refractivity contribution < 1.29 is 10.2 Å². The maximum atomic E-state index is 9.35. The lowest BCUT2D eigenvalue weighted by Crippen LogP contribution is -2.32. The van der Waals surface area contributed by atoms with Gasteiger partial charge in [-0.25, -0.2) is 0 Å². The van der Waals surface area contributed by atoms with E-state index in [4.69, 9.17) is 5.11 Å². The van der Waals surface area contributed by atoms with Crippen LogP contribution in [-0.2, 0) is 6.42 Å². The van der Waals surface area contributed by atoms with Gasteiger partial charge in [0, 0.05) is 18.8 Å². The number of para-hydroxylation sites is 1. The summed E-state index contributed by atoms with van der Waals surface area (Å²) in [4.78, 5) is 2.12. The van der Waals surface area contributed by atoms with Crippen LogP contribution in [-0.4, -0.2) is 36.0 Å². The summed E-state index contributed by atoms with van der Waals surface area (Å²) < 4.78 is 0. The van der Waals surface area contributed by atoms with Crippen LogP contribution in [0.2, 0.25) is 0 Å². The second-order valence-corrected chi connectivity index (χ2v) is 3.66. The summed E-state index contributed by atoms with van der Waals surface area (Å²) in [6, 6.07) is 8.21. The molecule has 0 amide bonds. The van der Waals surface area contributed by atoms with Crippen molar-refractivity contribution in [2.24, 2.45) is 0 Å². The van der Waals surface area contributed by atoms with Crippen LogP contribution < -0.4 is 4.90 Å². The Morgan fingerprint density at radius 3 is 2.93 bits per heavy atom. The molecule has 2 rings (SSSR count). The largest absolute Gasteiger partial charge is 0.394 e. The first-order chi connectivity index (χ1) is 6.81. The summed E-state index contributed by atoms with van der Waals surface area (Å²) in [7, 11) is 0. The fraction of sp³-hybridized carbons (Fsp3) is 0.455. The monoisotopic (exact) mass is 193 g/mol. The molecule has 3 nitrogen and oxygen atoms in total. The second-order valence-electron chi connectivity index (χ2n) is 3.66. The highest BCUT2D eigenvalue weighted by Gasteiger charge is 2.19. The van der Waals surface area contributed by atoms with Crippen LogP contribution in [0, 0.1) is 0 Å². The first-order valence-corrected chi connectivity index (χ1v) is 4.93. The number of rotatable bonds is 3. The third-order valence-electron chi connectivity index (χ3n) is 2.63. The molecule has 76 valence electrons. The van der Waals surface area contributed by atoms with E-state index in [0.717, 1.165) is 13.0 Å². The molecule has 14 heavy (non-hydrogen) atoms. The average Bonchev–Trinajstić information content (AvgIpc) is 2.62. The molecule has 1 aliphatic heterocycles. The molecule has 1 aliphatic rings. The Hall–Kier alpha value is -1.06. The number of β-amino-alcohol motifs (C(OH)–C–C–N with tert-alkyl or cyclic N) is 1. The maximum Gasteiger partial charge on any atom is 0.0945 e. The molecule has 0 spiro atoms. The third kappa shape index (κ3) is 1.74. The minimum absolute atomic E-state index is 0.168. The van der Waals surface area contributed by atoms with Crippen molar-refractivity contribution in [2.75, 3.05) is 24.6 Å². The van der Waals surface area contributed by atoms with E-state index in [0.29, 0.717) is 6.54 Å². The van der Waals surface area contributed by atoms with Gasteiger partial charge in [-0.15, -0.1) is 0 Å². The topological polar surface area (TPSA) is 43.7 Å².